The zero-order valence-corrected chi connectivity index (χ0v) is 11.9. The van der Waals surface area contributed by atoms with Crippen molar-refractivity contribution in [3.8, 4) is 0 Å². The first-order chi connectivity index (χ1) is 9.55. The van der Waals surface area contributed by atoms with Gasteiger partial charge in [-0.05, 0) is 25.0 Å². The number of ether oxygens (including phenoxy) is 4. The molecule has 2 fully saturated rings. The van der Waals surface area contributed by atoms with Crippen LogP contribution in [0.2, 0.25) is 0 Å². The van der Waals surface area contributed by atoms with E-state index in [0.29, 0.717) is 13.2 Å². The van der Waals surface area contributed by atoms with Gasteiger partial charge in [0.05, 0.1) is 13.2 Å². The fourth-order valence-corrected chi connectivity index (χ4v) is 2.52. The molecule has 0 aliphatic carbocycles. The molecule has 0 amide bonds. The van der Waals surface area contributed by atoms with Crippen LogP contribution in [0.5, 0.6) is 0 Å². The molecule has 4 nitrogen and oxygen atoms in total. The van der Waals surface area contributed by atoms with Crippen molar-refractivity contribution in [2.75, 3.05) is 6.61 Å². The predicted octanol–water partition coefficient (Wildman–Crippen LogP) is 2.64. The molecule has 0 unspecified atom stereocenters. The van der Waals surface area contributed by atoms with E-state index in [9.17, 15) is 0 Å². The molecule has 0 spiro atoms. The highest BCUT2D eigenvalue weighted by atomic mass is 16.8. The van der Waals surface area contributed by atoms with Crippen LogP contribution < -0.4 is 0 Å². The molecule has 0 radical (unpaired) electrons. The van der Waals surface area contributed by atoms with Crippen molar-refractivity contribution in [1.29, 1.82) is 0 Å². The van der Waals surface area contributed by atoms with Crippen LogP contribution in [0.15, 0.2) is 42.5 Å². The summed E-state index contributed by atoms with van der Waals surface area (Å²) in [6, 6.07) is 10.1. The third-order valence-electron chi connectivity index (χ3n) is 3.52. The van der Waals surface area contributed by atoms with Crippen LogP contribution in [-0.2, 0) is 25.6 Å². The lowest BCUT2D eigenvalue weighted by molar-refractivity contribution is -0.204. The first-order valence-electron chi connectivity index (χ1n) is 6.87. The Morgan fingerprint density at radius 2 is 1.95 bits per heavy atom. The molecule has 4 heteroatoms. The Hall–Kier alpha value is -1.20. The van der Waals surface area contributed by atoms with Crippen LogP contribution in [0.1, 0.15) is 19.4 Å². The minimum atomic E-state index is -0.603. The molecule has 1 aromatic carbocycles. The van der Waals surface area contributed by atoms with Crippen molar-refractivity contribution < 1.29 is 18.9 Å². The van der Waals surface area contributed by atoms with Crippen LogP contribution in [0, 0.1) is 0 Å². The van der Waals surface area contributed by atoms with Gasteiger partial charge in [-0.15, -0.1) is 0 Å². The second-order valence-electron chi connectivity index (χ2n) is 5.62. The molecule has 0 aromatic heterocycles. The fraction of sp³-hybridized carbons (Fsp3) is 0.500. The molecule has 20 heavy (non-hydrogen) atoms. The van der Waals surface area contributed by atoms with E-state index in [1.165, 1.54) is 0 Å². The molecule has 2 aliphatic heterocycles. The molecule has 1 aromatic rings. The Morgan fingerprint density at radius 3 is 2.65 bits per heavy atom. The summed E-state index contributed by atoms with van der Waals surface area (Å²) in [5.41, 5.74) is 2.04. The Morgan fingerprint density at radius 1 is 1.20 bits per heavy atom. The van der Waals surface area contributed by atoms with Crippen molar-refractivity contribution in [2.45, 2.75) is 44.7 Å². The number of hydrogen-bond donors (Lipinski definition) is 0. The molecule has 2 aliphatic rings. The molecular formula is C16H20O4. The first-order valence-corrected chi connectivity index (χ1v) is 6.87. The number of hydrogen-bond acceptors (Lipinski definition) is 4. The molecule has 3 atom stereocenters. The van der Waals surface area contributed by atoms with Crippen molar-refractivity contribution in [3.05, 3.63) is 48.0 Å². The lowest BCUT2D eigenvalue weighted by atomic mass is 10.1. The van der Waals surface area contributed by atoms with Crippen molar-refractivity contribution >= 4 is 0 Å². The summed E-state index contributed by atoms with van der Waals surface area (Å²) in [5, 5.41) is 0. The lowest BCUT2D eigenvalue weighted by Crippen LogP contribution is -2.27. The minimum Gasteiger partial charge on any atom is -0.374 e. The van der Waals surface area contributed by atoms with Crippen LogP contribution in [-0.4, -0.2) is 30.9 Å². The predicted molar refractivity (Wildman–Crippen MR) is 73.9 cm³/mol. The van der Waals surface area contributed by atoms with Gasteiger partial charge in [0.2, 0.25) is 0 Å². The molecule has 2 saturated heterocycles. The van der Waals surface area contributed by atoms with Crippen LogP contribution in [0.4, 0.5) is 0 Å². The van der Waals surface area contributed by atoms with Gasteiger partial charge in [-0.3, -0.25) is 0 Å². The highest BCUT2D eigenvalue weighted by Crippen LogP contribution is 2.39. The van der Waals surface area contributed by atoms with E-state index in [0.717, 1.165) is 11.1 Å². The molecule has 0 saturated carbocycles. The number of rotatable bonds is 4. The highest BCUT2D eigenvalue weighted by Gasteiger charge is 2.50. The van der Waals surface area contributed by atoms with E-state index >= 15 is 0 Å². The second kappa shape index (κ2) is 5.30. The van der Waals surface area contributed by atoms with Gasteiger partial charge in [0.15, 0.2) is 12.1 Å². The maximum absolute atomic E-state index is 5.80. The van der Waals surface area contributed by atoms with Gasteiger partial charge in [-0.25, -0.2) is 0 Å². The smallest absolute Gasteiger partial charge is 0.191 e. The van der Waals surface area contributed by atoms with Gasteiger partial charge in [-0.2, -0.15) is 0 Å². The summed E-state index contributed by atoms with van der Waals surface area (Å²) in [5.74, 6) is -0.603. The third-order valence-corrected chi connectivity index (χ3v) is 3.52. The van der Waals surface area contributed by atoms with E-state index in [2.05, 4.69) is 6.58 Å². The van der Waals surface area contributed by atoms with Gasteiger partial charge in [0, 0.05) is 0 Å². The maximum Gasteiger partial charge on any atom is 0.191 e. The largest absolute Gasteiger partial charge is 0.374 e. The molecule has 0 bridgehead atoms. The SMILES string of the molecule is C=C1[C@H](COCc2ccccc2)O[C@H]2OC(C)(C)O[C@@H]12. The minimum absolute atomic E-state index is 0.162. The zero-order valence-electron chi connectivity index (χ0n) is 11.9. The summed E-state index contributed by atoms with van der Waals surface area (Å²) >= 11 is 0. The van der Waals surface area contributed by atoms with E-state index in [1.54, 1.807) is 0 Å². The van der Waals surface area contributed by atoms with Crippen LogP contribution in [0.25, 0.3) is 0 Å². The first kappa shape index (κ1) is 13.8. The topological polar surface area (TPSA) is 36.9 Å². The van der Waals surface area contributed by atoms with Crippen LogP contribution in [0.3, 0.4) is 0 Å². The molecule has 2 heterocycles. The van der Waals surface area contributed by atoms with E-state index in [4.69, 9.17) is 18.9 Å². The van der Waals surface area contributed by atoms with Crippen LogP contribution >= 0.6 is 0 Å². The number of benzene rings is 1. The molecule has 0 N–H and O–H groups in total. The Bertz CT molecular complexity index is 483. The van der Waals surface area contributed by atoms with Gasteiger partial charge in [0.25, 0.3) is 0 Å². The van der Waals surface area contributed by atoms with E-state index in [1.807, 2.05) is 44.2 Å². The van der Waals surface area contributed by atoms with Gasteiger partial charge in [0.1, 0.15) is 12.2 Å². The normalized spacial score (nSPS) is 31.5. The molecule has 3 rings (SSSR count). The van der Waals surface area contributed by atoms with Gasteiger partial charge >= 0.3 is 0 Å². The third kappa shape index (κ3) is 2.79. The summed E-state index contributed by atoms with van der Waals surface area (Å²) in [6.07, 6.45) is -0.706. The fourth-order valence-electron chi connectivity index (χ4n) is 2.52. The van der Waals surface area contributed by atoms with Gasteiger partial charge < -0.3 is 18.9 Å². The quantitative estimate of drug-likeness (QED) is 0.792. The Labute approximate surface area is 119 Å². The molecule has 108 valence electrons. The zero-order chi connectivity index (χ0) is 14.2. The highest BCUT2D eigenvalue weighted by molar-refractivity contribution is 5.18. The van der Waals surface area contributed by atoms with Crippen molar-refractivity contribution in [2.24, 2.45) is 0 Å². The number of fused-ring (bicyclic) bond motifs is 1. The van der Waals surface area contributed by atoms with E-state index in [-0.39, 0.29) is 18.5 Å². The average Bonchev–Trinajstić information content (AvgIpc) is 2.86. The lowest BCUT2D eigenvalue weighted by Gasteiger charge is -2.21. The van der Waals surface area contributed by atoms with Gasteiger partial charge in [-0.1, -0.05) is 36.9 Å². The average molecular weight is 276 g/mol. The maximum atomic E-state index is 5.80. The summed E-state index contributed by atoms with van der Waals surface area (Å²) in [4.78, 5) is 0. The second-order valence-corrected chi connectivity index (χ2v) is 5.62. The van der Waals surface area contributed by atoms with Crippen molar-refractivity contribution in [1.82, 2.24) is 0 Å². The summed E-state index contributed by atoms with van der Waals surface area (Å²) in [6.45, 7) is 8.85. The summed E-state index contributed by atoms with van der Waals surface area (Å²) < 4.78 is 22.9. The van der Waals surface area contributed by atoms with Crippen molar-refractivity contribution in [3.63, 3.8) is 0 Å². The summed E-state index contributed by atoms with van der Waals surface area (Å²) in [7, 11) is 0. The Kier molecular flexibility index (Phi) is 3.65. The monoisotopic (exact) mass is 276 g/mol. The van der Waals surface area contributed by atoms with E-state index < -0.39 is 5.79 Å². The molecular weight excluding hydrogens is 256 g/mol. The Balaban J connectivity index is 1.50. The standard InChI is InChI=1S/C16H20O4/c1-11-13(10-17-9-12-7-5-4-6-8-12)18-15-14(11)19-16(2,3)20-15/h4-8,13-15H,1,9-10H2,2-3H3/t13-,14-,15-/m0/s1.